The van der Waals surface area contributed by atoms with Crippen molar-refractivity contribution < 1.29 is 14.6 Å². The summed E-state index contributed by atoms with van der Waals surface area (Å²) in [6.45, 7) is 5.08. The van der Waals surface area contributed by atoms with Gasteiger partial charge < -0.3 is 20.5 Å². The second-order valence-corrected chi connectivity index (χ2v) is 4.66. The molecule has 0 unspecified atom stereocenters. The average Bonchev–Trinajstić information content (AvgIpc) is 2.34. The number of rotatable bonds is 7. The molecule has 5 nitrogen and oxygen atoms in total. The van der Waals surface area contributed by atoms with Crippen LogP contribution in [0.5, 0.6) is 11.5 Å². The zero-order valence-electron chi connectivity index (χ0n) is 11.7. The van der Waals surface area contributed by atoms with Crippen LogP contribution >= 0.6 is 0 Å². The summed E-state index contributed by atoms with van der Waals surface area (Å²) in [6.07, 6.45) is 0.445. The van der Waals surface area contributed by atoms with Crippen LogP contribution in [0.2, 0.25) is 0 Å². The molecule has 0 fully saturated rings. The number of ether oxygens (including phenoxy) is 1. The summed E-state index contributed by atoms with van der Waals surface area (Å²) in [5.74, 6) is 0.625. The van der Waals surface area contributed by atoms with Crippen LogP contribution in [0.25, 0.3) is 0 Å². The summed E-state index contributed by atoms with van der Waals surface area (Å²) in [6, 6.07) is 5.42. The number of carbonyl (C=O) groups excluding carboxylic acids is 1. The lowest BCUT2D eigenvalue weighted by molar-refractivity contribution is -0.121. The van der Waals surface area contributed by atoms with Gasteiger partial charge in [-0.1, -0.05) is 6.07 Å². The summed E-state index contributed by atoms with van der Waals surface area (Å²) in [4.78, 5) is 11.4. The maximum atomic E-state index is 11.4. The lowest BCUT2D eigenvalue weighted by Crippen LogP contribution is -2.32. The van der Waals surface area contributed by atoms with E-state index in [4.69, 9.17) is 4.74 Å². The van der Waals surface area contributed by atoms with Crippen LogP contribution in [0.15, 0.2) is 18.2 Å². The number of nitrogens with one attached hydrogen (secondary N) is 2. The van der Waals surface area contributed by atoms with Gasteiger partial charge in [-0.25, -0.2) is 0 Å². The fourth-order valence-electron chi connectivity index (χ4n) is 1.67. The summed E-state index contributed by atoms with van der Waals surface area (Å²) in [5, 5.41) is 15.6. The maximum Gasteiger partial charge on any atom is 0.221 e. The fraction of sp³-hybridized carbons (Fsp3) is 0.500. The van der Waals surface area contributed by atoms with Crippen molar-refractivity contribution in [3.8, 4) is 11.5 Å². The van der Waals surface area contributed by atoms with E-state index in [1.165, 1.54) is 7.11 Å². The minimum atomic E-state index is 0.0417. The predicted molar refractivity (Wildman–Crippen MR) is 74.3 cm³/mol. The standard InChI is InChI=1S/C14H22N2O3/c1-10(2)16-14(18)6-7-15-9-11-4-5-13(19-3)12(17)8-11/h4-5,8,10,15,17H,6-7,9H2,1-3H3,(H,16,18). The zero-order chi connectivity index (χ0) is 14.3. The second-order valence-electron chi connectivity index (χ2n) is 4.66. The number of methoxy groups -OCH3 is 1. The smallest absolute Gasteiger partial charge is 0.221 e. The summed E-state index contributed by atoms with van der Waals surface area (Å²) in [5.41, 5.74) is 0.947. The molecule has 0 aromatic heterocycles. The minimum Gasteiger partial charge on any atom is -0.504 e. The van der Waals surface area contributed by atoms with E-state index >= 15 is 0 Å². The van der Waals surface area contributed by atoms with Crippen molar-refractivity contribution in [1.29, 1.82) is 0 Å². The highest BCUT2D eigenvalue weighted by molar-refractivity contribution is 5.76. The highest BCUT2D eigenvalue weighted by Crippen LogP contribution is 2.25. The number of hydrogen-bond donors (Lipinski definition) is 3. The molecule has 0 spiro atoms. The quantitative estimate of drug-likeness (QED) is 0.653. The molecule has 0 aliphatic rings. The van der Waals surface area contributed by atoms with E-state index in [0.29, 0.717) is 25.3 Å². The van der Waals surface area contributed by atoms with Gasteiger partial charge in [-0.3, -0.25) is 4.79 Å². The average molecular weight is 266 g/mol. The third-order valence-corrected chi connectivity index (χ3v) is 2.55. The van der Waals surface area contributed by atoms with Crippen molar-refractivity contribution in [2.75, 3.05) is 13.7 Å². The van der Waals surface area contributed by atoms with Gasteiger partial charge in [-0.15, -0.1) is 0 Å². The number of benzene rings is 1. The second kappa shape index (κ2) is 7.63. The van der Waals surface area contributed by atoms with Gasteiger partial charge in [0.15, 0.2) is 11.5 Å². The molecule has 0 aliphatic carbocycles. The molecule has 3 N–H and O–H groups in total. The number of carbonyl (C=O) groups is 1. The lowest BCUT2D eigenvalue weighted by Gasteiger charge is -2.09. The lowest BCUT2D eigenvalue weighted by atomic mass is 10.2. The summed E-state index contributed by atoms with van der Waals surface area (Å²) in [7, 11) is 1.51. The molecule has 1 aromatic carbocycles. The van der Waals surface area contributed by atoms with Crippen molar-refractivity contribution in [2.24, 2.45) is 0 Å². The minimum absolute atomic E-state index is 0.0417. The Kier molecular flexibility index (Phi) is 6.15. The van der Waals surface area contributed by atoms with Crippen LogP contribution in [0.3, 0.4) is 0 Å². The molecule has 5 heteroatoms. The molecular weight excluding hydrogens is 244 g/mol. The number of hydrogen-bond acceptors (Lipinski definition) is 4. The fourth-order valence-corrected chi connectivity index (χ4v) is 1.67. The van der Waals surface area contributed by atoms with Crippen LogP contribution in [0, 0.1) is 0 Å². The Balaban J connectivity index is 2.30. The molecule has 0 aliphatic heterocycles. The largest absolute Gasteiger partial charge is 0.504 e. The maximum absolute atomic E-state index is 11.4. The van der Waals surface area contributed by atoms with E-state index in [0.717, 1.165) is 5.56 Å². The molecule has 0 heterocycles. The number of aromatic hydroxyl groups is 1. The Morgan fingerprint density at radius 2 is 2.16 bits per heavy atom. The van der Waals surface area contributed by atoms with Crippen molar-refractivity contribution in [3.63, 3.8) is 0 Å². The Labute approximate surface area is 114 Å². The Morgan fingerprint density at radius 1 is 1.42 bits per heavy atom. The molecule has 1 amide bonds. The topological polar surface area (TPSA) is 70.6 Å². The first-order chi connectivity index (χ1) is 9.02. The summed E-state index contributed by atoms with van der Waals surface area (Å²) < 4.78 is 4.97. The molecular formula is C14H22N2O3. The van der Waals surface area contributed by atoms with E-state index in [2.05, 4.69) is 10.6 Å². The van der Waals surface area contributed by atoms with Gasteiger partial charge in [0.25, 0.3) is 0 Å². The molecule has 0 bridgehead atoms. The molecule has 0 saturated heterocycles. The van der Waals surface area contributed by atoms with Gasteiger partial charge in [-0.2, -0.15) is 0 Å². The normalized spacial score (nSPS) is 10.5. The van der Waals surface area contributed by atoms with E-state index in [-0.39, 0.29) is 17.7 Å². The highest BCUT2D eigenvalue weighted by atomic mass is 16.5. The first-order valence-corrected chi connectivity index (χ1v) is 6.39. The molecule has 19 heavy (non-hydrogen) atoms. The van der Waals surface area contributed by atoms with Crippen LogP contribution in [0.1, 0.15) is 25.8 Å². The third-order valence-electron chi connectivity index (χ3n) is 2.55. The van der Waals surface area contributed by atoms with Gasteiger partial charge >= 0.3 is 0 Å². The van der Waals surface area contributed by atoms with Crippen molar-refractivity contribution in [1.82, 2.24) is 10.6 Å². The highest BCUT2D eigenvalue weighted by Gasteiger charge is 2.04. The van der Waals surface area contributed by atoms with Gasteiger partial charge in [0.05, 0.1) is 7.11 Å². The summed E-state index contributed by atoms with van der Waals surface area (Å²) >= 11 is 0. The third kappa shape index (κ3) is 5.61. The SMILES string of the molecule is COc1ccc(CNCCC(=O)NC(C)C)cc1O. The number of amides is 1. The first-order valence-electron chi connectivity index (χ1n) is 6.39. The van der Waals surface area contributed by atoms with Gasteiger partial charge in [0.2, 0.25) is 5.91 Å². The van der Waals surface area contributed by atoms with E-state index in [1.807, 2.05) is 19.9 Å². The molecule has 0 atom stereocenters. The first kappa shape index (κ1) is 15.3. The predicted octanol–water partition coefficient (Wildman–Crippen LogP) is 1.41. The van der Waals surface area contributed by atoms with Crippen LogP contribution in [-0.2, 0) is 11.3 Å². The monoisotopic (exact) mass is 266 g/mol. The van der Waals surface area contributed by atoms with Gasteiger partial charge in [0.1, 0.15) is 0 Å². The van der Waals surface area contributed by atoms with Crippen molar-refractivity contribution >= 4 is 5.91 Å². The van der Waals surface area contributed by atoms with Crippen LogP contribution < -0.4 is 15.4 Å². The molecule has 0 radical (unpaired) electrons. The molecule has 1 aromatic rings. The molecule has 1 rings (SSSR count). The number of phenolic OH excluding ortho intramolecular Hbond substituents is 1. The molecule has 0 saturated carbocycles. The molecule has 106 valence electrons. The number of phenols is 1. The van der Waals surface area contributed by atoms with Gasteiger partial charge in [-0.05, 0) is 31.5 Å². The Bertz CT molecular complexity index is 419. The Morgan fingerprint density at radius 3 is 2.74 bits per heavy atom. The van der Waals surface area contributed by atoms with Crippen LogP contribution in [0.4, 0.5) is 0 Å². The van der Waals surface area contributed by atoms with Gasteiger partial charge in [0, 0.05) is 25.6 Å². The van der Waals surface area contributed by atoms with Crippen molar-refractivity contribution in [3.05, 3.63) is 23.8 Å². The van der Waals surface area contributed by atoms with E-state index < -0.39 is 0 Å². The van der Waals surface area contributed by atoms with E-state index in [9.17, 15) is 9.90 Å². The zero-order valence-corrected chi connectivity index (χ0v) is 11.7. The van der Waals surface area contributed by atoms with Crippen molar-refractivity contribution in [2.45, 2.75) is 32.9 Å². The van der Waals surface area contributed by atoms with E-state index in [1.54, 1.807) is 12.1 Å². The van der Waals surface area contributed by atoms with Crippen LogP contribution in [-0.4, -0.2) is 30.7 Å². The Hall–Kier alpha value is -1.75.